The van der Waals surface area contributed by atoms with Gasteiger partial charge >= 0.3 is 0 Å². The molecule has 1 fully saturated rings. The molecule has 100 valence electrons. The lowest BCUT2D eigenvalue weighted by Gasteiger charge is -2.32. The normalized spacial score (nSPS) is 25.6. The van der Waals surface area contributed by atoms with E-state index in [0.29, 0.717) is 5.92 Å². The molecule has 1 aliphatic rings. The fourth-order valence-corrected chi connectivity index (χ4v) is 2.87. The molecule has 2 unspecified atom stereocenters. The summed E-state index contributed by atoms with van der Waals surface area (Å²) in [6.45, 7) is 7.09. The third kappa shape index (κ3) is 4.66. The molecule has 0 bridgehead atoms. The Morgan fingerprint density at radius 1 is 1.41 bits per heavy atom. The van der Waals surface area contributed by atoms with Crippen LogP contribution in [0.4, 0.5) is 0 Å². The molecule has 0 saturated heterocycles. The van der Waals surface area contributed by atoms with Crippen LogP contribution in [0.3, 0.4) is 0 Å². The number of nitrogens with two attached hydrogens (primary N) is 1. The van der Waals surface area contributed by atoms with Crippen molar-refractivity contribution in [2.75, 3.05) is 6.54 Å². The summed E-state index contributed by atoms with van der Waals surface area (Å²) in [5.74, 6) is 0.976. The second-order valence-corrected chi connectivity index (χ2v) is 6.09. The zero-order valence-corrected chi connectivity index (χ0v) is 11.6. The molecule has 0 aromatic carbocycles. The third-order valence-corrected chi connectivity index (χ3v) is 3.82. The van der Waals surface area contributed by atoms with Gasteiger partial charge in [0, 0.05) is 11.5 Å². The summed E-state index contributed by atoms with van der Waals surface area (Å²) in [5, 5.41) is 3.19. The van der Waals surface area contributed by atoms with Gasteiger partial charge in [0.2, 0.25) is 5.91 Å². The smallest absolute Gasteiger partial charge is 0.223 e. The first-order valence-electron chi connectivity index (χ1n) is 7.00. The lowest BCUT2D eigenvalue weighted by molar-refractivity contribution is -0.128. The average molecular weight is 240 g/mol. The summed E-state index contributed by atoms with van der Waals surface area (Å²) in [5.41, 5.74) is 5.64. The second kappa shape index (κ2) is 6.39. The van der Waals surface area contributed by atoms with Gasteiger partial charge in [0.15, 0.2) is 0 Å². The number of hydrogen-bond donors (Lipinski definition) is 2. The van der Waals surface area contributed by atoms with Crippen LogP contribution in [0.5, 0.6) is 0 Å². The van der Waals surface area contributed by atoms with E-state index in [-0.39, 0.29) is 17.4 Å². The van der Waals surface area contributed by atoms with Crippen LogP contribution in [0, 0.1) is 11.8 Å². The van der Waals surface area contributed by atoms with Crippen molar-refractivity contribution in [1.29, 1.82) is 0 Å². The topological polar surface area (TPSA) is 55.1 Å². The molecule has 0 aromatic heterocycles. The number of carbonyl (C=O) groups is 1. The van der Waals surface area contributed by atoms with Crippen molar-refractivity contribution in [1.82, 2.24) is 5.32 Å². The van der Waals surface area contributed by atoms with Crippen LogP contribution in [0.15, 0.2) is 0 Å². The molecule has 1 aliphatic carbocycles. The van der Waals surface area contributed by atoms with Gasteiger partial charge in [-0.05, 0) is 52.0 Å². The Labute approximate surface area is 106 Å². The summed E-state index contributed by atoms with van der Waals surface area (Å²) < 4.78 is 0. The first-order valence-corrected chi connectivity index (χ1v) is 7.00. The van der Waals surface area contributed by atoms with E-state index >= 15 is 0 Å². The molecule has 0 aromatic rings. The fourth-order valence-electron chi connectivity index (χ4n) is 2.87. The zero-order valence-electron chi connectivity index (χ0n) is 11.6. The van der Waals surface area contributed by atoms with Crippen molar-refractivity contribution in [3.8, 4) is 0 Å². The number of rotatable bonds is 5. The SMILES string of the molecule is CCCC(C)(C)NC(=O)C1CCCC(CN)C1. The van der Waals surface area contributed by atoms with Crippen LogP contribution in [0.2, 0.25) is 0 Å². The van der Waals surface area contributed by atoms with E-state index in [0.717, 1.165) is 38.6 Å². The Morgan fingerprint density at radius 2 is 2.12 bits per heavy atom. The lowest BCUT2D eigenvalue weighted by Crippen LogP contribution is -2.47. The van der Waals surface area contributed by atoms with Gasteiger partial charge in [-0.25, -0.2) is 0 Å². The predicted octanol–water partition coefficient (Wildman–Crippen LogP) is 2.45. The van der Waals surface area contributed by atoms with E-state index in [4.69, 9.17) is 5.73 Å². The first kappa shape index (κ1) is 14.5. The van der Waals surface area contributed by atoms with E-state index in [1.54, 1.807) is 0 Å². The maximum absolute atomic E-state index is 12.2. The van der Waals surface area contributed by atoms with Crippen molar-refractivity contribution >= 4 is 5.91 Å². The fraction of sp³-hybridized carbons (Fsp3) is 0.929. The maximum Gasteiger partial charge on any atom is 0.223 e. The van der Waals surface area contributed by atoms with Gasteiger partial charge in [-0.3, -0.25) is 4.79 Å². The van der Waals surface area contributed by atoms with Crippen molar-refractivity contribution < 1.29 is 4.79 Å². The predicted molar refractivity (Wildman–Crippen MR) is 71.6 cm³/mol. The van der Waals surface area contributed by atoms with Crippen molar-refractivity contribution in [3.63, 3.8) is 0 Å². The summed E-state index contributed by atoms with van der Waals surface area (Å²) in [4.78, 5) is 12.2. The number of carbonyl (C=O) groups excluding carboxylic acids is 1. The lowest BCUT2D eigenvalue weighted by atomic mass is 9.80. The molecule has 17 heavy (non-hydrogen) atoms. The van der Waals surface area contributed by atoms with Gasteiger partial charge < -0.3 is 11.1 Å². The van der Waals surface area contributed by atoms with Gasteiger partial charge in [-0.1, -0.05) is 19.8 Å². The summed E-state index contributed by atoms with van der Waals surface area (Å²) >= 11 is 0. The van der Waals surface area contributed by atoms with Crippen molar-refractivity contribution in [2.24, 2.45) is 17.6 Å². The minimum Gasteiger partial charge on any atom is -0.351 e. The molecule has 0 radical (unpaired) electrons. The van der Waals surface area contributed by atoms with Gasteiger partial charge in [-0.15, -0.1) is 0 Å². The van der Waals surface area contributed by atoms with Crippen LogP contribution in [-0.4, -0.2) is 18.0 Å². The summed E-state index contributed by atoms with van der Waals surface area (Å²) in [6, 6.07) is 0. The van der Waals surface area contributed by atoms with E-state index in [1.165, 1.54) is 6.42 Å². The van der Waals surface area contributed by atoms with Crippen LogP contribution in [-0.2, 0) is 4.79 Å². The quantitative estimate of drug-likeness (QED) is 0.775. The molecule has 3 heteroatoms. The Kier molecular flexibility index (Phi) is 5.44. The standard InChI is InChI=1S/C14H28N2O/c1-4-8-14(2,3)16-13(17)12-7-5-6-11(9-12)10-15/h11-12H,4-10,15H2,1-3H3,(H,16,17). The molecule has 0 spiro atoms. The van der Waals surface area contributed by atoms with Gasteiger partial charge in [0.1, 0.15) is 0 Å². The summed E-state index contributed by atoms with van der Waals surface area (Å²) in [7, 11) is 0. The van der Waals surface area contributed by atoms with E-state index in [2.05, 4.69) is 26.1 Å². The monoisotopic (exact) mass is 240 g/mol. The van der Waals surface area contributed by atoms with Crippen LogP contribution >= 0.6 is 0 Å². The largest absolute Gasteiger partial charge is 0.351 e. The highest BCUT2D eigenvalue weighted by atomic mass is 16.2. The third-order valence-electron chi connectivity index (χ3n) is 3.82. The molecular weight excluding hydrogens is 212 g/mol. The molecule has 0 aliphatic heterocycles. The van der Waals surface area contributed by atoms with Gasteiger partial charge in [0.25, 0.3) is 0 Å². The maximum atomic E-state index is 12.2. The number of hydrogen-bond acceptors (Lipinski definition) is 2. The van der Waals surface area contributed by atoms with E-state index in [1.807, 2.05) is 0 Å². The van der Waals surface area contributed by atoms with Crippen LogP contribution in [0.1, 0.15) is 59.3 Å². The van der Waals surface area contributed by atoms with Crippen LogP contribution in [0.25, 0.3) is 0 Å². The van der Waals surface area contributed by atoms with Crippen molar-refractivity contribution in [3.05, 3.63) is 0 Å². The Hall–Kier alpha value is -0.570. The summed E-state index contributed by atoms with van der Waals surface area (Å²) in [6.07, 6.45) is 6.48. The molecule has 3 N–H and O–H groups in total. The Balaban J connectivity index is 2.46. The molecule has 1 amide bonds. The Morgan fingerprint density at radius 3 is 2.71 bits per heavy atom. The molecule has 3 nitrogen and oxygen atoms in total. The minimum atomic E-state index is -0.0680. The molecule has 0 heterocycles. The highest BCUT2D eigenvalue weighted by Crippen LogP contribution is 2.29. The number of nitrogens with one attached hydrogen (secondary N) is 1. The minimum absolute atomic E-state index is 0.0680. The molecular formula is C14H28N2O. The highest BCUT2D eigenvalue weighted by Gasteiger charge is 2.29. The molecule has 2 atom stereocenters. The van der Waals surface area contributed by atoms with Gasteiger partial charge in [-0.2, -0.15) is 0 Å². The second-order valence-electron chi connectivity index (χ2n) is 6.09. The first-order chi connectivity index (χ1) is 7.98. The van der Waals surface area contributed by atoms with Crippen LogP contribution < -0.4 is 11.1 Å². The van der Waals surface area contributed by atoms with Gasteiger partial charge in [0.05, 0.1) is 0 Å². The van der Waals surface area contributed by atoms with E-state index < -0.39 is 0 Å². The number of amides is 1. The Bertz CT molecular complexity index is 251. The van der Waals surface area contributed by atoms with Crippen molar-refractivity contribution in [2.45, 2.75) is 64.8 Å². The molecule has 1 saturated carbocycles. The average Bonchev–Trinajstić information content (AvgIpc) is 2.28. The highest BCUT2D eigenvalue weighted by molar-refractivity contribution is 5.79. The van der Waals surface area contributed by atoms with E-state index in [9.17, 15) is 4.79 Å². The zero-order chi connectivity index (χ0) is 12.9. The molecule has 1 rings (SSSR count).